The maximum Gasteiger partial charge on any atom is 0.270 e. The van der Waals surface area contributed by atoms with E-state index in [1.165, 1.54) is 0 Å². The van der Waals surface area contributed by atoms with Crippen molar-refractivity contribution in [3.05, 3.63) is 23.5 Å². The average Bonchev–Trinajstić information content (AvgIpc) is 2.85. The lowest BCUT2D eigenvalue weighted by atomic mass is 9.90. The van der Waals surface area contributed by atoms with E-state index in [0.29, 0.717) is 6.54 Å². The van der Waals surface area contributed by atoms with Gasteiger partial charge in [-0.1, -0.05) is 6.92 Å². The van der Waals surface area contributed by atoms with Crippen molar-refractivity contribution in [3.63, 3.8) is 0 Å². The van der Waals surface area contributed by atoms with Gasteiger partial charge in [-0.25, -0.2) is 0 Å². The Morgan fingerprint density at radius 2 is 2.24 bits per heavy atom. The van der Waals surface area contributed by atoms with Crippen LogP contribution in [0, 0.1) is 12.3 Å². The van der Waals surface area contributed by atoms with Gasteiger partial charge in [-0.15, -0.1) is 0 Å². The third-order valence-electron chi connectivity index (χ3n) is 3.93. The van der Waals surface area contributed by atoms with E-state index >= 15 is 0 Å². The number of carbonyl (C=O) groups is 1. The van der Waals surface area contributed by atoms with Gasteiger partial charge in [-0.3, -0.25) is 4.79 Å². The van der Waals surface area contributed by atoms with Crippen LogP contribution in [0.3, 0.4) is 0 Å². The van der Waals surface area contributed by atoms with Crippen molar-refractivity contribution < 1.29 is 4.79 Å². The van der Waals surface area contributed by atoms with Gasteiger partial charge in [-0.2, -0.15) is 0 Å². The third kappa shape index (κ3) is 2.09. The van der Waals surface area contributed by atoms with Gasteiger partial charge in [0.15, 0.2) is 0 Å². The normalized spacial score (nSPS) is 24.4. The Kier molecular flexibility index (Phi) is 3.00. The summed E-state index contributed by atoms with van der Waals surface area (Å²) in [5, 5.41) is 0. The zero-order valence-corrected chi connectivity index (χ0v) is 10.9. The van der Waals surface area contributed by atoms with Crippen LogP contribution in [0.15, 0.2) is 12.1 Å². The van der Waals surface area contributed by atoms with E-state index in [9.17, 15) is 4.79 Å². The molecular formula is C13H21N3O. The summed E-state index contributed by atoms with van der Waals surface area (Å²) in [6.45, 7) is 6.38. The number of nitrogens with two attached hydrogens (primary N) is 1. The maximum absolute atomic E-state index is 12.3. The van der Waals surface area contributed by atoms with Crippen LogP contribution in [0.2, 0.25) is 0 Å². The van der Waals surface area contributed by atoms with E-state index < -0.39 is 0 Å². The summed E-state index contributed by atoms with van der Waals surface area (Å²) in [6, 6.07) is 3.88. The first-order chi connectivity index (χ1) is 7.97. The first-order valence-electron chi connectivity index (χ1n) is 6.08. The molecule has 1 aliphatic rings. The maximum atomic E-state index is 12.3. The Bertz CT molecular complexity index is 438. The molecule has 2 N–H and O–H groups in total. The van der Waals surface area contributed by atoms with E-state index in [-0.39, 0.29) is 11.3 Å². The number of carbonyl (C=O) groups excluding carboxylic acids is 1. The molecule has 1 saturated heterocycles. The molecule has 94 valence electrons. The van der Waals surface area contributed by atoms with Crippen molar-refractivity contribution in [1.82, 2.24) is 9.47 Å². The predicted octanol–water partition coefficient (Wildman–Crippen LogP) is 1.14. The number of likely N-dealkylation sites (tertiary alicyclic amines) is 1. The molecule has 1 atom stereocenters. The van der Waals surface area contributed by atoms with Crippen LogP contribution >= 0.6 is 0 Å². The lowest BCUT2D eigenvalue weighted by Gasteiger charge is -2.22. The number of nitrogens with zero attached hydrogens (tertiary/aromatic N) is 2. The fourth-order valence-corrected chi connectivity index (χ4v) is 2.35. The van der Waals surface area contributed by atoms with Crippen molar-refractivity contribution >= 4 is 5.91 Å². The predicted molar refractivity (Wildman–Crippen MR) is 67.8 cm³/mol. The highest BCUT2D eigenvalue weighted by Gasteiger charge is 2.35. The second-order valence-corrected chi connectivity index (χ2v) is 5.41. The van der Waals surface area contributed by atoms with Gasteiger partial charge in [0.25, 0.3) is 5.91 Å². The van der Waals surface area contributed by atoms with Crippen molar-refractivity contribution in [2.45, 2.75) is 20.3 Å². The lowest BCUT2D eigenvalue weighted by molar-refractivity contribution is 0.0767. The van der Waals surface area contributed by atoms with E-state index in [1.807, 2.05) is 35.6 Å². The Hall–Kier alpha value is -1.29. The van der Waals surface area contributed by atoms with Crippen molar-refractivity contribution in [3.8, 4) is 0 Å². The quantitative estimate of drug-likeness (QED) is 0.836. The number of amides is 1. The smallest absolute Gasteiger partial charge is 0.270 e. The molecule has 1 unspecified atom stereocenters. The molecule has 2 heterocycles. The van der Waals surface area contributed by atoms with Crippen LogP contribution in [0.4, 0.5) is 0 Å². The van der Waals surface area contributed by atoms with E-state index in [2.05, 4.69) is 6.92 Å². The highest BCUT2D eigenvalue weighted by atomic mass is 16.2. The van der Waals surface area contributed by atoms with Gasteiger partial charge in [0.05, 0.1) is 0 Å². The summed E-state index contributed by atoms with van der Waals surface area (Å²) in [7, 11) is 1.93. The van der Waals surface area contributed by atoms with Gasteiger partial charge in [-0.05, 0) is 37.4 Å². The monoisotopic (exact) mass is 235 g/mol. The SMILES string of the molecule is Cc1ccc(C(=O)N2CCC(C)(CN)C2)n1C. The summed E-state index contributed by atoms with van der Waals surface area (Å²) < 4.78 is 1.94. The summed E-state index contributed by atoms with van der Waals surface area (Å²) in [6.07, 6.45) is 0.999. The number of hydrogen-bond acceptors (Lipinski definition) is 2. The van der Waals surface area contributed by atoms with Crippen molar-refractivity contribution in [1.29, 1.82) is 0 Å². The molecule has 0 aromatic carbocycles. The number of aromatic nitrogens is 1. The van der Waals surface area contributed by atoms with E-state index in [4.69, 9.17) is 5.73 Å². The first-order valence-corrected chi connectivity index (χ1v) is 6.08. The number of hydrogen-bond donors (Lipinski definition) is 1. The highest BCUT2D eigenvalue weighted by molar-refractivity contribution is 5.93. The molecule has 1 amide bonds. The fourth-order valence-electron chi connectivity index (χ4n) is 2.35. The molecule has 0 aliphatic carbocycles. The first kappa shape index (κ1) is 12.2. The van der Waals surface area contributed by atoms with Crippen LogP contribution in [0.5, 0.6) is 0 Å². The molecule has 4 heteroatoms. The molecule has 1 aromatic heterocycles. The molecule has 1 fully saturated rings. The van der Waals surface area contributed by atoms with Crippen LogP contribution in [-0.4, -0.2) is 35.0 Å². The van der Waals surface area contributed by atoms with Gasteiger partial charge in [0.1, 0.15) is 5.69 Å². The molecule has 1 aliphatic heterocycles. The lowest BCUT2D eigenvalue weighted by Crippen LogP contribution is -2.35. The molecule has 0 saturated carbocycles. The Balaban J connectivity index is 2.15. The average molecular weight is 235 g/mol. The van der Waals surface area contributed by atoms with Crippen molar-refractivity contribution in [2.75, 3.05) is 19.6 Å². The van der Waals surface area contributed by atoms with Gasteiger partial charge < -0.3 is 15.2 Å². The molecule has 0 spiro atoms. The van der Waals surface area contributed by atoms with Gasteiger partial charge in [0.2, 0.25) is 0 Å². The summed E-state index contributed by atoms with van der Waals surface area (Å²) in [5.74, 6) is 0.123. The summed E-state index contributed by atoms with van der Waals surface area (Å²) in [4.78, 5) is 14.3. The molecular weight excluding hydrogens is 214 g/mol. The standard InChI is InChI=1S/C13H21N3O/c1-10-4-5-11(15(10)3)12(17)16-7-6-13(2,8-14)9-16/h4-5H,6-9,14H2,1-3H3. The largest absolute Gasteiger partial charge is 0.344 e. The Morgan fingerprint density at radius 3 is 2.71 bits per heavy atom. The zero-order valence-electron chi connectivity index (χ0n) is 10.9. The minimum absolute atomic E-state index is 0.0931. The highest BCUT2D eigenvalue weighted by Crippen LogP contribution is 2.29. The van der Waals surface area contributed by atoms with Crippen LogP contribution < -0.4 is 5.73 Å². The minimum atomic E-state index is 0.0931. The van der Waals surface area contributed by atoms with Crippen molar-refractivity contribution in [2.24, 2.45) is 18.2 Å². The molecule has 4 nitrogen and oxygen atoms in total. The van der Waals surface area contributed by atoms with E-state index in [0.717, 1.165) is 30.9 Å². The fraction of sp³-hybridized carbons (Fsp3) is 0.615. The van der Waals surface area contributed by atoms with Gasteiger partial charge >= 0.3 is 0 Å². The Morgan fingerprint density at radius 1 is 1.53 bits per heavy atom. The van der Waals surface area contributed by atoms with Crippen LogP contribution in [-0.2, 0) is 7.05 Å². The number of rotatable bonds is 2. The van der Waals surface area contributed by atoms with E-state index in [1.54, 1.807) is 0 Å². The third-order valence-corrected chi connectivity index (χ3v) is 3.93. The second kappa shape index (κ2) is 4.18. The zero-order chi connectivity index (χ0) is 12.6. The minimum Gasteiger partial charge on any atom is -0.344 e. The molecule has 0 radical (unpaired) electrons. The summed E-state index contributed by atoms with van der Waals surface area (Å²) in [5.41, 5.74) is 7.73. The molecule has 1 aromatic rings. The summed E-state index contributed by atoms with van der Waals surface area (Å²) >= 11 is 0. The Labute approximate surface area is 102 Å². The topological polar surface area (TPSA) is 51.3 Å². The van der Waals surface area contributed by atoms with Crippen LogP contribution in [0.1, 0.15) is 29.5 Å². The molecule has 0 bridgehead atoms. The second-order valence-electron chi connectivity index (χ2n) is 5.41. The molecule has 17 heavy (non-hydrogen) atoms. The number of aryl methyl sites for hydroxylation is 1. The molecule has 2 rings (SSSR count). The van der Waals surface area contributed by atoms with Crippen LogP contribution in [0.25, 0.3) is 0 Å². The van der Waals surface area contributed by atoms with Gasteiger partial charge in [0, 0.05) is 25.8 Å².